The molecule has 4 rings (SSSR count). The van der Waals surface area contributed by atoms with Crippen LogP contribution in [0.15, 0.2) is 53.5 Å². The van der Waals surface area contributed by atoms with Crippen LogP contribution in [0.3, 0.4) is 0 Å². The molecule has 0 fully saturated rings. The summed E-state index contributed by atoms with van der Waals surface area (Å²) in [5.74, 6) is 0.444. The molecule has 27 nitrogen and oxygen atoms in total. The lowest BCUT2D eigenvalue weighted by atomic mass is 10.0. The summed E-state index contributed by atoms with van der Waals surface area (Å²) in [4.78, 5) is 69.1. The van der Waals surface area contributed by atoms with Crippen molar-refractivity contribution in [2.75, 3.05) is 156 Å². The number of ketones is 2. The number of nitrogens with two attached hydrogens (primary N) is 4. The van der Waals surface area contributed by atoms with Crippen molar-refractivity contribution in [3.05, 3.63) is 87.0 Å². The third-order valence-corrected chi connectivity index (χ3v) is 14.0. The molecule has 0 bridgehead atoms. The molecular formula is C63H95Cl2N13O14. The Morgan fingerprint density at radius 3 is 1.51 bits per heavy atom. The van der Waals surface area contributed by atoms with Crippen LogP contribution in [0.2, 0.25) is 10.3 Å². The number of urea groups is 1. The fourth-order valence-electron chi connectivity index (χ4n) is 8.48. The first-order valence-corrected chi connectivity index (χ1v) is 32.1. The zero-order chi connectivity index (χ0) is 66.2. The molecule has 0 spiro atoms. The number of nitrogens with zero attached hydrogens (tertiary/aromatic N) is 5. The van der Waals surface area contributed by atoms with Crippen LogP contribution in [-0.4, -0.2) is 194 Å². The van der Waals surface area contributed by atoms with Crippen molar-refractivity contribution in [3.63, 3.8) is 0 Å². The fourth-order valence-corrected chi connectivity index (χ4v) is 8.74. The molecule has 12 N–H and O–H groups in total. The fraction of sp³-hybridized carbons (Fsp3) is 0.587. The number of hydrogen-bond acceptors (Lipinski definition) is 23. The molecule has 0 saturated carbocycles. The van der Waals surface area contributed by atoms with Gasteiger partial charge in [-0.25, -0.2) is 24.7 Å². The van der Waals surface area contributed by atoms with Gasteiger partial charge in [-0.1, -0.05) is 60.3 Å². The van der Waals surface area contributed by atoms with Gasteiger partial charge in [0, 0.05) is 44.8 Å². The molecule has 0 atom stereocenters. The van der Waals surface area contributed by atoms with Crippen LogP contribution in [0.25, 0.3) is 0 Å². The third kappa shape index (κ3) is 36.4. The highest BCUT2D eigenvalue weighted by Crippen LogP contribution is 2.20. The smallest absolute Gasteiger partial charge is 0.314 e. The second-order valence-corrected chi connectivity index (χ2v) is 21.6. The van der Waals surface area contributed by atoms with Gasteiger partial charge >= 0.3 is 6.03 Å². The van der Waals surface area contributed by atoms with Crippen LogP contribution in [0.4, 0.5) is 22.2 Å². The average molecular weight is 1330 g/mol. The van der Waals surface area contributed by atoms with Crippen molar-refractivity contribution < 1.29 is 66.5 Å². The average Bonchev–Trinajstić information content (AvgIpc) is 0.935. The van der Waals surface area contributed by atoms with Gasteiger partial charge in [0.05, 0.1) is 111 Å². The van der Waals surface area contributed by atoms with Crippen LogP contribution < -0.4 is 48.4 Å². The van der Waals surface area contributed by atoms with E-state index >= 15 is 0 Å². The first kappa shape index (κ1) is 77.5. The summed E-state index contributed by atoms with van der Waals surface area (Å²) in [6.07, 6.45) is 10.7. The summed E-state index contributed by atoms with van der Waals surface area (Å²) < 4.78 is 56.1. The highest BCUT2D eigenvalue weighted by molar-refractivity contribution is 6.32. The van der Waals surface area contributed by atoms with E-state index in [2.05, 4.69) is 53.0 Å². The lowest BCUT2D eigenvalue weighted by Gasteiger charge is -2.09. The maximum absolute atomic E-state index is 12.5. The highest BCUT2D eigenvalue weighted by Gasteiger charge is 2.19. The SMILES string of the molecule is Cc1nc(N)c(C(=O)CC(=N)CCCCCc2ccc(OCCOCCOCCOCCOCCCC(=O)CCCCCNC(=O)NCCOCCOCCOCCOCCOc3ccc(CCCCN=C(N)NC(=O)c4nc(Cl)c(N)nc4N)cc3)cc2)nc1Cl. The van der Waals surface area contributed by atoms with Crippen LogP contribution >= 0.6 is 23.2 Å². The van der Waals surface area contributed by atoms with Gasteiger partial charge in [0.1, 0.15) is 30.5 Å². The Morgan fingerprint density at radius 1 is 0.489 bits per heavy atom. The number of carbonyl (C=O) groups excluding carboxylic acids is 4. The number of aryl methyl sites for hydroxylation is 3. The molecular weight excluding hydrogens is 1230 g/mol. The predicted octanol–water partition coefficient (Wildman–Crippen LogP) is 6.89. The summed E-state index contributed by atoms with van der Waals surface area (Å²) in [7, 11) is 0. The van der Waals surface area contributed by atoms with Crippen molar-refractivity contribution in [1.82, 2.24) is 35.9 Å². The van der Waals surface area contributed by atoms with Crippen LogP contribution in [0.1, 0.15) is 121 Å². The van der Waals surface area contributed by atoms with Gasteiger partial charge in [-0.05, 0) is 107 Å². The molecule has 510 valence electrons. The third-order valence-electron chi connectivity index (χ3n) is 13.4. The van der Waals surface area contributed by atoms with Crippen molar-refractivity contribution in [1.29, 1.82) is 5.41 Å². The number of benzene rings is 2. The number of ether oxygens (including phenoxy) is 10. The topological polar surface area (TPSA) is 389 Å². The zero-order valence-corrected chi connectivity index (χ0v) is 54.6. The van der Waals surface area contributed by atoms with E-state index in [-0.39, 0.29) is 69.1 Å². The van der Waals surface area contributed by atoms with E-state index < -0.39 is 5.91 Å². The Labute approximate surface area is 549 Å². The maximum atomic E-state index is 12.5. The maximum Gasteiger partial charge on any atom is 0.314 e. The van der Waals surface area contributed by atoms with E-state index in [9.17, 15) is 19.2 Å². The molecule has 0 saturated heterocycles. The van der Waals surface area contributed by atoms with Gasteiger partial charge in [0.15, 0.2) is 50.9 Å². The van der Waals surface area contributed by atoms with E-state index in [1.807, 2.05) is 36.4 Å². The number of rotatable bonds is 54. The lowest BCUT2D eigenvalue weighted by molar-refractivity contribution is -0.119. The van der Waals surface area contributed by atoms with Crippen LogP contribution in [0.5, 0.6) is 11.5 Å². The number of nitrogen functional groups attached to an aromatic ring is 3. The molecule has 0 radical (unpaired) electrons. The summed E-state index contributed by atoms with van der Waals surface area (Å²) in [5, 5.41) is 16.2. The Kier molecular flexibility index (Phi) is 41.1. The molecule has 2 heterocycles. The number of anilines is 3. The first-order chi connectivity index (χ1) is 44.7. The van der Waals surface area contributed by atoms with E-state index in [1.54, 1.807) is 6.92 Å². The molecule has 29 heteroatoms. The Balaban J connectivity index is 0.791. The number of halogens is 2. The predicted molar refractivity (Wildman–Crippen MR) is 352 cm³/mol. The molecule has 2 aromatic carbocycles. The molecule has 0 unspecified atom stereocenters. The van der Waals surface area contributed by atoms with Gasteiger partial charge < -0.3 is 86.3 Å². The van der Waals surface area contributed by atoms with Crippen molar-refractivity contribution in [3.8, 4) is 11.5 Å². The van der Waals surface area contributed by atoms with E-state index in [4.69, 9.17) is 98.9 Å². The molecule has 0 aliphatic carbocycles. The zero-order valence-electron chi connectivity index (χ0n) is 53.1. The second kappa shape index (κ2) is 48.8. The molecule has 0 aliphatic rings. The number of hydrogen-bond donors (Lipinski definition) is 8. The first-order valence-electron chi connectivity index (χ1n) is 31.4. The van der Waals surface area contributed by atoms with E-state index in [0.717, 1.165) is 81.3 Å². The number of nitrogens with one attached hydrogen (secondary N) is 4. The Morgan fingerprint density at radius 2 is 0.946 bits per heavy atom. The monoisotopic (exact) mass is 1330 g/mol. The largest absolute Gasteiger partial charge is 0.491 e. The van der Waals surface area contributed by atoms with Gasteiger partial charge in [-0.15, -0.1) is 0 Å². The number of aromatic nitrogens is 4. The number of unbranched alkanes of at least 4 members (excludes halogenated alkanes) is 5. The van der Waals surface area contributed by atoms with E-state index in [1.165, 1.54) is 5.56 Å². The van der Waals surface area contributed by atoms with Gasteiger partial charge in [-0.3, -0.25) is 24.7 Å². The molecule has 4 aromatic rings. The van der Waals surface area contributed by atoms with Gasteiger partial charge in [0.2, 0.25) is 0 Å². The minimum absolute atomic E-state index is 0.0217. The molecule has 3 amide bonds. The number of guanidine groups is 1. The van der Waals surface area contributed by atoms with Crippen LogP contribution in [0, 0.1) is 12.3 Å². The summed E-state index contributed by atoms with van der Waals surface area (Å²) in [6, 6.07) is 15.6. The summed E-state index contributed by atoms with van der Waals surface area (Å²) >= 11 is 11.8. The van der Waals surface area contributed by atoms with Gasteiger partial charge in [-0.2, -0.15) is 0 Å². The van der Waals surface area contributed by atoms with Gasteiger partial charge in [0.25, 0.3) is 5.91 Å². The molecule has 0 aliphatic heterocycles. The standard InChI is InChI=1S/C63H95Cl2N13O14/c1-46-56(64)75-54(58(67)74-46)53(80)45-49(66)13-5-2-4-11-47-16-20-51(21-17-47)91-43-41-89-39-37-87-35-33-85-31-29-83-27-10-15-50(79)14-6-3-8-25-72-63(82)73-26-28-84-30-32-86-34-36-88-38-40-90-42-44-92-52-22-18-48(19-23-52)12-7-9-24-71-62(70)78-61(81)55-59(68)77-60(69)57(65)76-55/h16-23,66H,2-15,24-45H2,1H3,(H2,67,74)(H4,68,69,77)(H2,72,73,82)(H3,70,71,78,81). The number of amides is 3. The molecule has 2 aromatic heterocycles. The quantitative estimate of drug-likeness (QED) is 0.00965. The Bertz CT molecular complexity index is 2790. The van der Waals surface area contributed by atoms with Crippen molar-refractivity contribution >= 4 is 75.8 Å². The summed E-state index contributed by atoms with van der Waals surface area (Å²) in [5.41, 5.74) is 25.9. The number of aliphatic imine (C=N–C) groups is 1. The lowest BCUT2D eigenvalue weighted by Crippen LogP contribution is -2.38. The number of Topliss-reactive ketones (excluding diaryl/α,β-unsaturated/α-hetero) is 2. The normalized spacial score (nSPS) is 11.4. The minimum atomic E-state index is -0.683. The molecule has 92 heavy (non-hydrogen) atoms. The number of carbonyl (C=O) groups is 4. The van der Waals surface area contributed by atoms with E-state index in [0.29, 0.717) is 176 Å². The van der Waals surface area contributed by atoms with Crippen molar-refractivity contribution in [2.24, 2.45) is 10.7 Å². The Hall–Kier alpha value is -6.92. The van der Waals surface area contributed by atoms with Crippen LogP contribution in [-0.2, 0) is 55.5 Å². The summed E-state index contributed by atoms with van der Waals surface area (Å²) in [6.45, 7) is 10.8. The van der Waals surface area contributed by atoms with Crippen molar-refractivity contribution in [2.45, 2.75) is 103 Å². The highest BCUT2D eigenvalue weighted by atomic mass is 35.5. The second-order valence-electron chi connectivity index (χ2n) is 20.9. The minimum Gasteiger partial charge on any atom is -0.491 e.